The van der Waals surface area contributed by atoms with Gasteiger partial charge in [0, 0.05) is 19.2 Å². The Bertz CT molecular complexity index is 410. The van der Waals surface area contributed by atoms with Crippen molar-refractivity contribution < 1.29 is 9.53 Å². The lowest BCUT2D eigenvalue weighted by molar-refractivity contribution is -0.134. The molecule has 15 heavy (non-hydrogen) atoms. The Labute approximate surface area is 88.8 Å². The number of rotatable bonds is 2. The number of methoxy groups -OCH3 is 1. The molecule has 0 spiro atoms. The highest BCUT2D eigenvalue weighted by Gasteiger charge is 2.08. The lowest BCUT2D eigenvalue weighted by atomic mass is 10.1. The third-order valence-electron chi connectivity index (χ3n) is 2.47. The molecule has 2 rings (SSSR count). The third-order valence-corrected chi connectivity index (χ3v) is 2.47. The van der Waals surface area contributed by atoms with E-state index in [1.807, 2.05) is 6.07 Å². The van der Waals surface area contributed by atoms with Crippen molar-refractivity contribution in [1.82, 2.24) is 5.32 Å². The standard InChI is InChI=1S/C12H13NO2/c1-15-12(14)5-3-9-2-4-10-7-13-8-11(10)6-9/h2-6,13H,7-8H2,1H3/b5-3+. The van der Waals surface area contributed by atoms with Crippen molar-refractivity contribution in [1.29, 1.82) is 0 Å². The van der Waals surface area contributed by atoms with Crippen LogP contribution in [0.25, 0.3) is 6.08 Å². The van der Waals surface area contributed by atoms with Gasteiger partial charge in [0.25, 0.3) is 0 Å². The first-order valence-electron chi connectivity index (χ1n) is 4.88. The lowest BCUT2D eigenvalue weighted by Gasteiger charge is -1.99. The van der Waals surface area contributed by atoms with Gasteiger partial charge < -0.3 is 10.1 Å². The molecular weight excluding hydrogens is 190 g/mol. The molecule has 0 aromatic heterocycles. The molecule has 1 heterocycles. The fourth-order valence-corrected chi connectivity index (χ4v) is 1.65. The summed E-state index contributed by atoms with van der Waals surface area (Å²) >= 11 is 0. The highest BCUT2D eigenvalue weighted by atomic mass is 16.5. The fraction of sp³-hybridized carbons (Fsp3) is 0.250. The lowest BCUT2D eigenvalue weighted by Crippen LogP contribution is -1.99. The molecule has 0 aliphatic carbocycles. The summed E-state index contributed by atoms with van der Waals surface area (Å²) in [6, 6.07) is 6.19. The third kappa shape index (κ3) is 2.25. The van der Waals surface area contributed by atoms with E-state index in [-0.39, 0.29) is 5.97 Å². The van der Waals surface area contributed by atoms with Gasteiger partial charge in [-0.3, -0.25) is 0 Å². The molecule has 0 unspecified atom stereocenters. The number of hydrogen-bond acceptors (Lipinski definition) is 3. The second kappa shape index (κ2) is 4.28. The number of carbonyl (C=O) groups excluding carboxylic acids is 1. The summed E-state index contributed by atoms with van der Waals surface area (Å²) < 4.78 is 4.53. The molecule has 0 fully saturated rings. The van der Waals surface area contributed by atoms with Crippen LogP contribution in [-0.2, 0) is 22.6 Å². The van der Waals surface area contributed by atoms with Crippen LogP contribution in [0, 0.1) is 0 Å². The van der Waals surface area contributed by atoms with E-state index >= 15 is 0 Å². The van der Waals surface area contributed by atoms with Crippen LogP contribution < -0.4 is 5.32 Å². The highest BCUT2D eigenvalue weighted by molar-refractivity contribution is 5.86. The summed E-state index contributed by atoms with van der Waals surface area (Å²) in [5.74, 6) is -0.325. The molecule has 0 atom stereocenters. The van der Waals surface area contributed by atoms with Gasteiger partial charge >= 0.3 is 5.97 Å². The van der Waals surface area contributed by atoms with E-state index in [0.717, 1.165) is 18.7 Å². The van der Waals surface area contributed by atoms with Gasteiger partial charge in [-0.1, -0.05) is 18.2 Å². The van der Waals surface area contributed by atoms with Crippen molar-refractivity contribution in [2.45, 2.75) is 13.1 Å². The van der Waals surface area contributed by atoms with Crippen molar-refractivity contribution >= 4 is 12.0 Å². The molecule has 1 aromatic carbocycles. The van der Waals surface area contributed by atoms with Crippen LogP contribution in [0.2, 0.25) is 0 Å². The number of esters is 1. The Balaban J connectivity index is 2.16. The smallest absolute Gasteiger partial charge is 0.330 e. The molecule has 1 aliphatic rings. The van der Waals surface area contributed by atoms with Crippen LogP contribution in [0.4, 0.5) is 0 Å². The van der Waals surface area contributed by atoms with Crippen LogP contribution in [0.15, 0.2) is 24.3 Å². The van der Waals surface area contributed by atoms with Crippen LogP contribution >= 0.6 is 0 Å². The zero-order valence-electron chi connectivity index (χ0n) is 8.62. The molecule has 0 radical (unpaired) electrons. The van der Waals surface area contributed by atoms with Gasteiger partial charge in [-0.15, -0.1) is 0 Å². The maximum atomic E-state index is 10.9. The van der Waals surface area contributed by atoms with Crippen molar-refractivity contribution in [3.05, 3.63) is 41.0 Å². The van der Waals surface area contributed by atoms with E-state index in [1.165, 1.54) is 24.3 Å². The summed E-state index contributed by atoms with van der Waals surface area (Å²) in [4.78, 5) is 10.9. The Morgan fingerprint density at radius 1 is 1.40 bits per heavy atom. The van der Waals surface area contributed by atoms with E-state index in [9.17, 15) is 4.79 Å². The van der Waals surface area contributed by atoms with Crippen LogP contribution in [0.5, 0.6) is 0 Å². The molecular formula is C12H13NO2. The Morgan fingerprint density at radius 2 is 2.20 bits per heavy atom. The summed E-state index contributed by atoms with van der Waals surface area (Å²) in [6.07, 6.45) is 3.20. The summed E-state index contributed by atoms with van der Waals surface area (Å²) in [5, 5.41) is 3.28. The first-order valence-corrected chi connectivity index (χ1v) is 4.88. The summed E-state index contributed by atoms with van der Waals surface area (Å²) in [5.41, 5.74) is 3.68. The number of ether oxygens (including phenoxy) is 1. The summed E-state index contributed by atoms with van der Waals surface area (Å²) in [6.45, 7) is 1.85. The molecule has 1 aromatic rings. The topological polar surface area (TPSA) is 38.3 Å². The Hall–Kier alpha value is -1.61. The average Bonchev–Trinajstić information content (AvgIpc) is 2.72. The molecule has 0 amide bonds. The average molecular weight is 203 g/mol. The van der Waals surface area contributed by atoms with Crippen molar-refractivity contribution in [3.8, 4) is 0 Å². The van der Waals surface area contributed by atoms with Crippen molar-refractivity contribution in [2.24, 2.45) is 0 Å². The number of benzene rings is 1. The number of fused-ring (bicyclic) bond motifs is 1. The number of carbonyl (C=O) groups is 1. The quantitative estimate of drug-likeness (QED) is 0.584. The van der Waals surface area contributed by atoms with Gasteiger partial charge in [0.05, 0.1) is 7.11 Å². The minimum absolute atomic E-state index is 0.325. The zero-order valence-corrected chi connectivity index (χ0v) is 8.62. The summed E-state index contributed by atoms with van der Waals surface area (Å²) in [7, 11) is 1.37. The molecule has 1 N–H and O–H groups in total. The Kier molecular flexibility index (Phi) is 2.83. The second-order valence-corrected chi connectivity index (χ2v) is 3.49. The molecule has 1 aliphatic heterocycles. The van der Waals surface area contributed by atoms with Crippen LogP contribution in [0.3, 0.4) is 0 Å². The molecule has 0 bridgehead atoms. The van der Waals surface area contributed by atoms with Gasteiger partial charge in [-0.25, -0.2) is 4.79 Å². The first kappa shape index (κ1) is 9.93. The maximum absolute atomic E-state index is 10.9. The van der Waals surface area contributed by atoms with Crippen LogP contribution in [0.1, 0.15) is 16.7 Å². The van der Waals surface area contributed by atoms with E-state index in [2.05, 4.69) is 22.2 Å². The molecule has 0 saturated heterocycles. The van der Waals surface area contributed by atoms with Gasteiger partial charge in [-0.05, 0) is 22.8 Å². The van der Waals surface area contributed by atoms with E-state index in [0.29, 0.717) is 0 Å². The zero-order chi connectivity index (χ0) is 10.7. The van der Waals surface area contributed by atoms with Crippen LogP contribution in [-0.4, -0.2) is 13.1 Å². The predicted octanol–water partition coefficient (Wildman–Crippen LogP) is 1.48. The highest BCUT2D eigenvalue weighted by Crippen LogP contribution is 2.17. The van der Waals surface area contributed by atoms with E-state index < -0.39 is 0 Å². The Morgan fingerprint density at radius 3 is 3.00 bits per heavy atom. The van der Waals surface area contributed by atoms with Crippen molar-refractivity contribution in [3.63, 3.8) is 0 Å². The fourth-order valence-electron chi connectivity index (χ4n) is 1.65. The molecule has 0 saturated carbocycles. The van der Waals surface area contributed by atoms with Gasteiger partial charge in [0.15, 0.2) is 0 Å². The minimum Gasteiger partial charge on any atom is -0.466 e. The molecule has 3 heteroatoms. The van der Waals surface area contributed by atoms with E-state index in [1.54, 1.807) is 6.08 Å². The minimum atomic E-state index is -0.325. The molecule has 3 nitrogen and oxygen atoms in total. The second-order valence-electron chi connectivity index (χ2n) is 3.49. The van der Waals surface area contributed by atoms with E-state index in [4.69, 9.17) is 0 Å². The van der Waals surface area contributed by atoms with Gasteiger partial charge in [0.2, 0.25) is 0 Å². The van der Waals surface area contributed by atoms with Gasteiger partial charge in [-0.2, -0.15) is 0 Å². The largest absolute Gasteiger partial charge is 0.466 e. The first-order chi connectivity index (χ1) is 7.29. The number of hydrogen-bond donors (Lipinski definition) is 1. The number of nitrogens with one attached hydrogen (secondary N) is 1. The molecule has 78 valence electrons. The predicted molar refractivity (Wildman–Crippen MR) is 58.0 cm³/mol. The normalized spacial score (nSPS) is 14.2. The SMILES string of the molecule is COC(=O)/C=C/c1ccc2c(c1)CNC2. The monoisotopic (exact) mass is 203 g/mol. The van der Waals surface area contributed by atoms with Crippen molar-refractivity contribution in [2.75, 3.05) is 7.11 Å². The van der Waals surface area contributed by atoms with Gasteiger partial charge in [0.1, 0.15) is 0 Å². The maximum Gasteiger partial charge on any atom is 0.330 e.